The van der Waals surface area contributed by atoms with Crippen LogP contribution in [0.2, 0.25) is 0 Å². The van der Waals surface area contributed by atoms with E-state index in [-0.39, 0.29) is 5.91 Å². The summed E-state index contributed by atoms with van der Waals surface area (Å²) in [5.41, 5.74) is 8.28. The molecule has 0 aliphatic heterocycles. The molecule has 4 nitrogen and oxygen atoms in total. The predicted octanol–water partition coefficient (Wildman–Crippen LogP) is 4.80. The molecule has 0 spiro atoms. The van der Waals surface area contributed by atoms with Crippen LogP contribution in [0.5, 0.6) is 5.75 Å². The summed E-state index contributed by atoms with van der Waals surface area (Å²) in [6.07, 6.45) is 5.85. The number of carbonyl (C=O) groups excluding carboxylic acids is 1. The quantitative estimate of drug-likeness (QED) is 0.482. The minimum absolute atomic E-state index is 0.00285. The highest BCUT2D eigenvalue weighted by atomic mass is 16.5. The number of nitrogen functional groups attached to an aromatic ring is 1. The molecule has 4 heteroatoms. The molecule has 0 aliphatic rings. The maximum atomic E-state index is 12.1. The van der Waals surface area contributed by atoms with Crippen LogP contribution in [0, 0.1) is 0 Å². The molecule has 0 fully saturated rings. The van der Waals surface area contributed by atoms with Gasteiger partial charge in [-0.3, -0.25) is 4.79 Å². The summed E-state index contributed by atoms with van der Waals surface area (Å²) in [5.74, 6) is 0.796. The molecular weight excluding hydrogens is 312 g/mol. The molecule has 0 aliphatic carbocycles. The Bertz CT molecular complexity index is 653. The minimum atomic E-state index is -0.00285. The van der Waals surface area contributed by atoms with Crippen molar-refractivity contribution in [2.24, 2.45) is 0 Å². The van der Waals surface area contributed by atoms with Crippen LogP contribution in [0.1, 0.15) is 44.6 Å². The van der Waals surface area contributed by atoms with Crippen LogP contribution in [0.4, 0.5) is 11.4 Å². The van der Waals surface area contributed by atoms with Gasteiger partial charge in [0.15, 0.2) is 0 Å². The number of benzene rings is 2. The Morgan fingerprint density at radius 2 is 1.88 bits per heavy atom. The molecule has 0 bridgehead atoms. The van der Waals surface area contributed by atoms with Crippen LogP contribution >= 0.6 is 0 Å². The third-order valence-electron chi connectivity index (χ3n) is 4.00. The number of amides is 1. The Hall–Kier alpha value is -2.49. The molecule has 0 saturated heterocycles. The van der Waals surface area contributed by atoms with Crippen LogP contribution in [-0.2, 0) is 11.2 Å². The maximum absolute atomic E-state index is 12.1. The van der Waals surface area contributed by atoms with Gasteiger partial charge in [-0.25, -0.2) is 0 Å². The van der Waals surface area contributed by atoms with E-state index in [1.54, 1.807) is 0 Å². The van der Waals surface area contributed by atoms with Crippen molar-refractivity contribution in [2.45, 2.75) is 45.4 Å². The van der Waals surface area contributed by atoms with Gasteiger partial charge in [0.25, 0.3) is 0 Å². The summed E-state index contributed by atoms with van der Waals surface area (Å²) >= 11 is 0. The van der Waals surface area contributed by atoms with Crippen LogP contribution < -0.4 is 15.8 Å². The smallest absolute Gasteiger partial charge is 0.224 e. The van der Waals surface area contributed by atoms with E-state index in [0.717, 1.165) is 29.1 Å². The number of ether oxygens (including phenoxy) is 1. The number of unbranched alkanes of at least 4 members (excludes halogenated alkanes) is 3. The zero-order valence-corrected chi connectivity index (χ0v) is 15.0. The molecule has 134 valence electrons. The lowest BCUT2D eigenvalue weighted by Crippen LogP contribution is -2.12. The molecule has 25 heavy (non-hydrogen) atoms. The molecule has 0 radical (unpaired) electrons. The van der Waals surface area contributed by atoms with E-state index in [0.29, 0.717) is 19.4 Å². The summed E-state index contributed by atoms with van der Waals surface area (Å²) in [6, 6.07) is 15.2. The third-order valence-corrected chi connectivity index (χ3v) is 4.00. The SMILES string of the molecule is CCCCCCOc1cccc(NC(=O)CCc2ccc(N)cc2)c1. The Morgan fingerprint density at radius 1 is 1.08 bits per heavy atom. The lowest BCUT2D eigenvalue weighted by atomic mass is 10.1. The average Bonchev–Trinajstić information content (AvgIpc) is 2.61. The van der Waals surface area contributed by atoms with Crippen LogP contribution in [0.3, 0.4) is 0 Å². The first-order chi connectivity index (χ1) is 12.2. The Labute approximate surface area is 150 Å². The van der Waals surface area contributed by atoms with E-state index in [9.17, 15) is 4.79 Å². The Balaban J connectivity index is 1.76. The van der Waals surface area contributed by atoms with Gasteiger partial charge >= 0.3 is 0 Å². The largest absolute Gasteiger partial charge is 0.494 e. The van der Waals surface area contributed by atoms with Crippen molar-refractivity contribution in [3.8, 4) is 5.75 Å². The lowest BCUT2D eigenvalue weighted by molar-refractivity contribution is -0.116. The number of hydrogen-bond donors (Lipinski definition) is 2. The zero-order valence-electron chi connectivity index (χ0n) is 15.0. The van der Waals surface area contributed by atoms with Crippen molar-refractivity contribution in [1.29, 1.82) is 0 Å². The second kappa shape index (κ2) is 10.4. The fourth-order valence-electron chi connectivity index (χ4n) is 2.55. The number of nitrogens with one attached hydrogen (secondary N) is 1. The van der Waals surface area contributed by atoms with E-state index < -0.39 is 0 Å². The van der Waals surface area contributed by atoms with Gasteiger partial charge < -0.3 is 15.8 Å². The summed E-state index contributed by atoms with van der Waals surface area (Å²) in [7, 11) is 0. The van der Waals surface area contributed by atoms with Gasteiger partial charge in [0.2, 0.25) is 5.91 Å². The monoisotopic (exact) mass is 340 g/mol. The fraction of sp³-hybridized carbons (Fsp3) is 0.381. The molecule has 0 heterocycles. The van der Waals surface area contributed by atoms with Gasteiger partial charge in [0.05, 0.1) is 6.61 Å². The average molecular weight is 340 g/mol. The van der Waals surface area contributed by atoms with E-state index in [1.165, 1.54) is 19.3 Å². The van der Waals surface area contributed by atoms with E-state index >= 15 is 0 Å². The first-order valence-corrected chi connectivity index (χ1v) is 9.04. The van der Waals surface area contributed by atoms with E-state index in [4.69, 9.17) is 10.5 Å². The van der Waals surface area contributed by atoms with Crippen molar-refractivity contribution < 1.29 is 9.53 Å². The summed E-state index contributed by atoms with van der Waals surface area (Å²) in [4.78, 5) is 12.1. The number of nitrogens with two attached hydrogens (primary N) is 1. The third kappa shape index (κ3) is 7.29. The zero-order chi connectivity index (χ0) is 17.9. The fourth-order valence-corrected chi connectivity index (χ4v) is 2.55. The number of rotatable bonds is 10. The molecule has 2 aromatic carbocycles. The maximum Gasteiger partial charge on any atom is 0.224 e. The topological polar surface area (TPSA) is 64.3 Å². The van der Waals surface area contributed by atoms with Crippen LogP contribution in [0.15, 0.2) is 48.5 Å². The van der Waals surface area contributed by atoms with E-state index in [1.807, 2.05) is 48.5 Å². The van der Waals surface area contributed by atoms with Gasteiger partial charge in [-0.15, -0.1) is 0 Å². The van der Waals surface area contributed by atoms with Crippen molar-refractivity contribution in [1.82, 2.24) is 0 Å². The summed E-state index contributed by atoms with van der Waals surface area (Å²) in [5, 5.41) is 2.93. The van der Waals surface area contributed by atoms with Gasteiger partial charge in [-0.2, -0.15) is 0 Å². The molecule has 0 unspecified atom stereocenters. The number of carbonyl (C=O) groups is 1. The van der Waals surface area contributed by atoms with Crippen molar-refractivity contribution in [3.05, 3.63) is 54.1 Å². The second-order valence-electron chi connectivity index (χ2n) is 6.23. The summed E-state index contributed by atoms with van der Waals surface area (Å²) in [6.45, 7) is 2.91. The molecule has 2 aromatic rings. The molecule has 1 amide bonds. The van der Waals surface area contributed by atoms with E-state index in [2.05, 4.69) is 12.2 Å². The summed E-state index contributed by atoms with van der Waals surface area (Å²) < 4.78 is 5.75. The highest BCUT2D eigenvalue weighted by Crippen LogP contribution is 2.18. The molecule has 0 atom stereocenters. The standard InChI is InChI=1S/C21H28N2O2/c1-2-3-4-5-15-25-20-8-6-7-19(16-20)23-21(24)14-11-17-9-12-18(22)13-10-17/h6-10,12-13,16H,2-5,11,14-15,22H2,1H3,(H,23,24). The molecule has 2 rings (SSSR count). The first kappa shape index (κ1) is 18.8. The number of aryl methyl sites for hydroxylation is 1. The normalized spacial score (nSPS) is 10.4. The highest BCUT2D eigenvalue weighted by Gasteiger charge is 2.04. The van der Waals surface area contributed by atoms with Crippen LogP contribution in [-0.4, -0.2) is 12.5 Å². The second-order valence-corrected chi connectivity index (χ2v) is 6.23. The molecule has 0 aromatic heterocycles. The van der Waals surface area contributed by atoms with Crippen molar-refractivity contribution >= 4 is 17.3 Å². The van der Waals surface area contributed by atoms with Crippen molar-refractivity contribution in [3.63, 3.8) is 0 Å². The Morgan fingerprint density at radius 3 is 2.64 bits per heavy atom. The van der Waals surface area contributed by atoms with Gasteiger partial charge in [-0.05, 0) is 42.7 Å². The molecule has 0 saturated carbocycles. The molecule has 3 N–H and O–H groups in total. The number of anilines is 2. The lowest BCUT2D eigenvalue weighted by Gasteiger charge is -2.09. The van der Waals surface area contributed by atoms with Crippen LogP contribution in [0.25, 0.3) is 0 Å². The van der Waals surface area contributed by atoms with Gasteiger partial charge in [0.1, 0.15) is 5.75 Å². The van der Waals surface area contributed by atoms with Gasteiger partial charge in [-0.1, -0.05) is 44.4 Å². The first-order valence-electron chi connectivity index (χ1n) is 9.04. The van der Waals surface area contributed by atoms with Gasteiger partial charge in [0, 0.05) is 23.9 Å². The number of hydrogen-bond acceptors (Lipinski definition) is 3. The minimum Gasteiger partial charge on any atom is -0.494 e. The highest BCUT2D eigenvalue weighted by molar-refractivity contribution is 5.91. The van der Waals surface area contributed by atoms with Crippen molar-refractivity contribution in [2.75, 3.05) is 17.7 Å². The predicted molar refractivity (Wildman–Crippen MR) is 104 cm³/mol. The Kier molecular flexibility index (Phi) is 7.83. The molecular formula is C21H28N2O2.